The second kappa shape index (κ2) is 8.25. The van der Waals surface area contributed by atoms with Crippen molar-refractivity contribution in [2.75, 3.05) is 25.0 Å². The SMILES string of the molecule is CCCNc1c(F)cccc1C(=O)N(CC)CC(C)C#N. The molecular weight excluding hydrogens is 269 g/mol. The largest absolute Gasteiger partial charge is 0.382 e. The summed E-state index contributed by atoms with van der Waals surface area (Å²) in [6.07, 6.45) is 0.838. The highest BCUT2D eigenvalue weighted by molar-refractivity contribution is 5.99. The molecule has 0 aliphatic heterocycles. The molecule has 5 heteroatoms. The maximum atomic E-state index is 13.9. The Morgan fingerprint density at radius 2 is 2.19 bits per heavy atom. The molecule has 0 saturated carbocycles. The minimum atomic E-state index is -0.432. The molecule has 0 radical (unpaired) electrons. The number of amides is 1. The number of nitrogens with zero attached hydrogens (tertiary/aromatic N) is 2. The zero-order valence-corrected chi connectivity index (χ0v) is 12.8. The Kier molecular flexibility index (Phi) is 6.67. The lowest BCUT2D eigenvalue weighted by atomic mass is 10.1. The third-order valence-electron chi connectivity index (χ3n) is 3.18. The van der Waals surface area contributed by atoms with E-state index in [2.05, 4.69) is 11.4 Å². The van der Waals surface area contributed by atoms with Gasteiger partial charge in [-0.25, -0.2) is 4.39 Å². The summed E-state index contributed by atoms with van der Waals surface area (Å²) >= 11 is 0. The molecule has 1 unspecified atom stereocenters. The van der Waals surface area contributed by atoms with E-state index in [1.54, 1.807) is 17.9 Å². The normalized spacial score (nSPS) is 11.6. The van der Waals surface area contributed by atoms with Crippen LogP contribution in [0.4, 0.5) is 10.1 Å². The summed E-state index contributed by atoms with van der Waals surface area (Å²) in [7, 11) is 0. The molecule has 0 saturated heterocycles. The summed E-state index contributed by atoms with van der Waals surface area (Å²) < 4.78 is 13.9. The van der Waals surface area contributed by atoms with Crippen LogP contribution in [-0.4, -0.2) is 30.4 Å². The number of rotatable bonds is 7. The van der Waals surface area contributed by atoms with Crippen LogP contribution in [0.5, 0.6) is 0 Å². The number of hydrogen-bond donors (Lipinski definition) is 1. The zero-order valence-electron chi connectivity index (χ0n) is 12.8. The Labute approximate surface area is 125 Å². The average Bonchev–Trinajstić information content (AvgIpc) is 2.50. The van der Waals surface area contributed by atoms with Gasteiger partial charge in [-0.15, -0.1) is 0 Å². The van der Waals surface area contributed by atoms with E-state index >= 15 is 0 Å². The van der Waals surface area contributed by atoms with Crippen LogP contribution in [0.1, 0.15) is 37.6 Å². The van der Waals surface area contributed by atoms with Gasteiger partial charge in [0.25, 0.3) is 5.91 Å². The number of halogens is 1. The van der Waals surface area contributed by atoms with Crippen LogP contribution in [0.25, 0.3) is 0 Å². The lowest BCUT2D eigenvalue weighted by Gasteiger charge is -2.23. The Morgan fingerprint density at radius 3 is 2.76 bits per heavy atom. The molecule has 0 heterocycles. The second-order valence-electron chi connectivity index (χ2n) is 4.96. The van der Waals surface area contributed by atoms with Crippen LogP contribution in [0.2, 0.25) is 0 Å². The maximum absolute atomic E-state index is 13.9. The van der Waals surface area contributed by atoms with E-state index in [1.165, 1.54) is 12.1 Å². The van der Waals surface area contributed by atoms with Gasteiger partial charge in [-0.3, -0.25) is 4.79 Å². The highest BCUT2D eigenvalue weighted by Gasteiger charge is 2.21. The maximum Gasteiger partial charge on any atom is 0.256 e. The Hall–Kier alpha value is -2.09. The molecule has 1 aromatic rings. The van der Waals surface area contributed by atoms with Crippen molar-refractivity contribution in [1.82, 2.24) is 4.90 Å². The Morgan fingerprint density at radius 1 is 1.48 bits per heavy atom. The van der Waals surface area contributed by atoms with Crippen LogP contribution in [0.15, 0.2) is 18.2 Å². The lowest BCUT2D eigenvalue weighted by molar-refractivity contribution is 0.0753. The number of anilines is 1. The molecule has 0 aromatic heterocycles. The van der Waals surface area contributed by atoms with E-state index < -0.39 is 5.82 Å². The van der Waals surface area contributed by atoms with Crippen molar-refractivity contribution in [3.63, 3.8) is 0 Å². The molecule has 1 rings (SSSR count). The molecule has 114 valence electrons. The van der Waals surface area contributed by atoms with Crippen molar-refractivity contribution in [1.29, 1.82) is 5.26 Å². The van der Waals surface area contributed by atoms with Gasteiger partial charge in [-0.1, -0.05) is 13.0 Å². The van der Waals surface area contributed by atoms with Gasteiger partial charge < -0.3 is 10.2 Å². The van der Waals surface area contributed by atoms with Crippen molar-refractivity contribution < 1.29 is 9.18 Å². The molecule has 0 spiro atoms. The number of nitrogens with one attached hydrogen (secondary N) is 1. The van der Waals surface area contributed by atoms with E-state index in [4.69, 9.17) is 5.26 Å². The van der Waals surface area contributed by atoms with E-state index in [0.29, 0.717) is 25.2 Å². The van der Waals surface area contributed by atoms with Crippen molar-refractivity contribution in [3.8, 4) is 6.07 Å². The first-order chi connectivity index (χ1) is 10.0. The summed E-state index contributed by atoms with van der Waals surface area (Å²) in [4.78, 5) is 14.1. The summed E-state index contributed by atoms with van der Waals surface area (Å²) in [6.45, 7) is 7.01. The first-order valence-corrected chi connectivity index (χ1v) is 7.26. The van der Waals surface area contributed by atoms with Crippen molar-refractivity contribution in [2.45, 2.75) is 27.2 Å². The smallest absolute Gasteiger partial charge is 0.256 e. The number of para-hydroxylation sites is 1. The second-order valence-corrected chi connectivity index (χ2v) is 4.96. The lowest BCUT2D eigenvalue weighted by Crippen LogP contribution is -2.35. The quantitative estimate of drug-likeness (QED) is 0.839. The summed E-state index contributed by atoms with van der Waals surface area (Å²) in [6, 6.07) is 6.59. The monoisotopic (exact) mass is 291 g/mol. The van der Waals surface area contributed by atoms with E-state index in [9.17, 15) is 9.18 Å². The molecule has 0 aliphatic rings. The minimum absolute atomic E-state index is 0.243. The molecule has 0 fully saturated rings. The molecular formula is C16H22FN3O. The molecule has 1 aromatic carbocycles. The van der Waals surface area contributed by atoms with Crippen molar-refractivity contribution in [2.24, 2.45) is 5.92 Å². The number of nitriles is 1. The van der Waals surface area contributed by atoms with Crippen molar-refractivity contribution in [3.05, 3.63) is 29.6 Å². The molecule has 4 nitrogen and oxygen atoms in total. The molecule has 0 aliphatic carbocycles. The highest BCUT2D eigenvalue weighted by Crippen LogP contribution is 2.22. The molecule has 1 atom stereocenters. The summed E-state index contributed by atoms with van der Waals surface area (Å²) in [5.74, 6) is -0.939. The number of carbonyl (C=O) groups excluding carboxylic acids is 1. The van der Waals surface area contributed by atoms with Gasteiger partial charge >= 0.3 is 0 Å². The molecule has 1 amide bonds. The van der Waals surface area contributed by atoms with Crippen LogP contribution in [0, 0.1) is 23.1 Å². The van der Waals surface area contributed by atoms with Gasteiger partial charge in [0, 0.05) is 19.6 Å². The predicted octanol–water partition coefficient (Wildman–Crippen LogP) is 3.27. The fourth-order valence-electron chi connectivity index (χ4n) is 2.03. The zero-order chi connectivity index (χ0) is 15.8. The topological polar surface area (TPSA) is 56.1 Å². The van der Waals surface area contributed by atoms with Gasteiger partial charge in [0.2, 0.25) is 0 Å². The van der Waals surface area contributed by atoms with Gasteiger partial charge in [-0.05, 0) is 32.4 Å². The standard InChI is InChI=1S/C16H22FN3O/c1-4-9-19-15-13(7-6-8-14(15)17)16(21)20(5-2)11-12(3)10-18/h6-8,12,19H,4-5,9,11H2,1-3H3. The predicted molar refractivity (Wildman–Crippen MR) is 81.5 cm³/mol. The first-order valence-electron chi connectivity index (χ1n) is 7.26. The number of carbonyl (C=O) groups is 1. The fourth-order valence-corrected chi connectivity index (χ4v) is 2.03. The third kappa shape index (κ3) is 4.45. The Balaban J connectivity index is 3.05. The minimum Gasteiger partial charge on any atom is -0.382 e. The van der Waals surface area contributed by atoms with Gasteiger partial charge in [-0.2, -0.15) is 5.26 Å². The van der Waals surface area contributed by atoms with Gasteiger partial charge in [0.15, 0.2) is 0 Å². The van der Waals surface area contributed by atoms with E-state index in [0.717, 1.165) is 6.42 Å². The number of benzene rings is 1. The first kappa shape index (κ1) is 17.0. The van der Waals surface area contributed by atoms with Crippen LogP contribution < -0.4 is 5.32 Å². The van der Waals surface area contributed by atoms with E-state index in [1.807, 2.05) is 13.8 Å². The van der Waals surface area contributed by atoms with E-state index in [-0.39, 0.29) is 17.5 Å². The average molecular weight is 291 g/mol. The van der Waals surface area contributed by atoms with Crippen LogP contribution in [-0.2, 0) is 0 Å². The molecule has 1 N–H and O–H groups in total. The highest BCUT2D eigenvalue weighted by atomic mass is 19.1. The molecule has 21 heavy (non-hydrogen) atoms. The number of hydrogen-bond acceptors (Lipinski definition) is 3. The Bertz CT molecular complexity index is 525. The van der Waals surface area contributed by atoms with Crippen LogP contribution >= 0.6 is 0 Å². The van der Waals surface area contributed by atoms with Gasteiger partial charge in [0.05, 0.1) is 23.2 Å². The summed E-state index contributed by atoms with van der Waals surface area (Å²) in [5, 5.41) is 11.9. The fraction of sp³-hybridized carbons (Fsp3) is 0.500. The third-order valence-corrected chi connectivity index (χ3v) is 3.18. The van der Waals surface area contributed by atoms with Crippen LogP contribution in [0.3, 0.4) is 0 Å². The van der Waals surface area contributed by atoms with Crippen molar-refractivity contribution >= 4 is 11.6 Å². The summed E-state index contributed by atoms with van der Waals surface area (Å²) in [5.41, 5.74) is 0.558. The van der Waals surface area contributed by atoms with Gasteiger partial charge in [0.1, 0.15) is 5.82 Å². The molecule has 0 bridgehead atoms.